The highest BCUT2D eigenvalue weighted by atomic mass is 32.2. The van der Waals surface area contributed by atoms with E-state index < -0.39 is 26.8 Å². The summed E-state index contributed by atoms with van der Waals surface area (Å²) in [5.41, 5.74) is -0.254. The molecule has 0 N–H and O–H groups in total. The lowest BCUT2D eigenvalue weighted by molar-refractivity contribution is -0.137. The molecular formula is C17H15F3O4S. The quantitative estimate of drug-likeness (QED) is 0.720. The third-order valence-electron chi connectivity index (χ3n) is 3.35. The fraction of sp³-hybridized carbons (Fsp3) is 0.235. The van der Waals surface area contributed by atoms with E-state index in [1.165, 1.54) is 19.1 Å². The van der Waals surface area contributed by atoms with Crippen LogP contribution in [0.15, 0.2) is 53.4 Å². The Hall–Kier alpha value is -2.35. The van der Waals surface area contributed by atoms with Crippen molar-refractivity contribution in [3.8, 4) is 5.75 Å². The number of carbonyl (C=O) groups is 1. The SMILES string of the molecule is CC(=O)CCc1ccc(OS(=O)(=O)c2cccc(C(F)(F)F)c2)cc1. The Morgan fingerprint density at radius 2 is 1.72 bits per heavy atom. The summed E-state index contributed by atoms with van der Waals surface area (Å²) in [6.45, 7) is 1.47. The monoisotopic (exact) mass is 372 g/mol. The van der Waals surface area contributed by atoms with Crippen molar-refractivity contribution in [2.24, 2.45) is 0 Å². The average Bonchev–Trinajstić information content (AvgIpc) is 2.53. The molecule has 134 valence electrons. The molecule has 0 fully saturated rings. The average molecular weight is 372 g/mol. The van der Waals surface area contributed by atoms with E-state index in [9.17, 15) is 26.4 Å². The van der Waals surface area contributed by atoms with Crippen molar-refractivity contribution in [3.63, 3.8) is 0 Å². The molecule has 0 saturated heterocycles. The van der Waals surface area contributed by atoms with Crippen LogP contribution in [0.2, 0.25) is 0 Å². The number of ketones is 1. The number of hydrogen-bond donors (Lipinski definition) is 0. The van der Waals surface area contributed by atoms with Crippen molar-refractivity contribution >= 4 is 15.9 Å². The summed E-state index contributed by atoms with van der Waals surface area (Å²) >= 11 is 0. The molecule has 0 aromatic heterocycles. The lowest BCUT2D eigenvalue weighted by Crippen LogP contribution is -2.12. The third kappa shape index (κ3) is 5.32. The van der Waals surface area contributed by atoms with Crippen molar-refractivity contribution < 1.29 is 30.6 Å². The number of alkyl halides is 3. The van der Waals surface area contributed by atoms with Gasteiger partial charge in [-0.2, -0.15) is 21.6 Å². The van der Waals surface area contributed by atoms with Crippen LogP contribution in [-0.2, 0) is 27.5 Å². The molecule has 8 heteroatoms. The maximum absolute atomic E-state index is 12.7. The van der Waals surface area contributed by atoms with E-state index in [1.54, 1.807) is 12.1 Å². The van der Waals surface area contributed by atoms with Crippen LogP contribution < -0.4 is 4.18 Å². The first-order chi connectivity index (χ1) is 11.6. The normalized spacial score (nSPS) is 12.0. The van der Waals surface area contributed by atoms with E-state index in [2.05, 4.69) is 0 Å². The minimum atomic E-state index is -4.65. The molecule has 2 aromatic rings. The van der Waals surface area contributed by atoms with Crippen molar-refractivity contribution in [2.75, 3.05) is 0 Å². The molecule has 0 bridgehead atoms. The molecule has 0 spiro atoms. The molecule has 0 aliphatic heterocycles. The Kier molecular flexibility index (Phi) is 5.52. The first-order valence-corrected chi connectivity index (χ1v) is 8.69. The zero-order valence-electron chi connectivity index (χ0n) is 13.2. The second kappa shape index (κ2) is 7.26. The molecule has 0 heterocycles. The van der Waals surface area contributed by atoms with Gasteiger partial charge in [-0.3, -0.25) is 0 Å². The van der Waals surface area contributed by atoms with Gasteiger partial charge in [-0.25, -0.2) is 0 Å². The van der Waals surface area contributed by atoms with Gasteiger partial charge in [-0.15, -0.1) is 0 Å². The van der Waals surface area contributed by atoms with Gasteiger partial charge in [-0.05, 0) is 49.2 Å². The van der Waals surface area contributed by atoms with E-state index >= 15 is 0 Å². The lowest BCUT2D eigenvalue weighted by atomic mass is 10.1. The maximum Gasteiger partial charge on any atom is 0.416 e. The number of rotatable bonds is 6. The van der Waals surface area contributed by atoms with Gasteiger partial charge in [0.25, 0.3) is 0 Å². The van der Waals surface area contributed by atoms with Crippen LogP contribution in [0.3, 0.4) is 0 Å². The topological polar surface area (TPSA) is 60.4 Å². The van der Waals surface area contributed by atoms with Crippen LogP contribution in [0.25, 0.3) is 0 Å². The van der Waals surface area contributed by atoms with Crippen LogP contribution in [0.1, 0.15) is 24.5 Å². The molecule has 0 atom stereocenters. The summed E-state index contributed by atoms with van der Waals surface area (Å²) in [6.07, 6.45) is -3.78. The predicted octanol–water partition coefficient (Wildman–Crippen LogP) is 3.99. The number of benzene rings is 2. The number of halogens is 3. The smallest absolute Gasteiger partial charge is 0.379 e. The molecule has 0 aliphatic rings. The predicted molar refractivity (Wildman–Crippen MR) is 84.7 cm³/mol. The second-order valence-corrected chi connectivity index (χ2v) is 6.96. The third-order valence-corrected chi connectivity index (χ3v) is 4.59. The van der Waals surface area contributed by atoms with Crippen LogP contribution in [0.5, 0.6) is 5.75 Å². The van der Waals surface area contributed by atoms with Gasteiger partial charge in [0.1, 0.15) is 16.4 Å². The highest BCUT2D eigenvalue weighted by Crippen LogP contribution is 2.31. The summed E-state index contributed by atoms with van der Waals surface area (Å²) in [6, 6.07) is 9.32. The molecule has 25 heavy (non-hydrogen) atoms. The lowest BCUT2D eigenvalue weighted by Gasteiger charge is -2.10. The Morgan fingerprint density at radius 1 is 1.08 bits per heavy atom. The fourth-order valence-electron chi connectivity index (χ4n) is 2.03. The first kappa shape index (κ1) is 19.0. The first-order valence-electron chi connectivity index (χ1n) is 7.28. The maximum atomic E-state index is 12.7. The number of carbonyl (C=O) groups excluding carboxylic acids is 1. The molecule has 2 aromatic carbocycles. The number of aryl methyl sites for hydroxylation is 1. The Bertz CT molecular complexity index is 856. The van der Waals surface area contributed by atoms with E-state index in [-0.39, 0.29) is 11.5 Å². The van der Waals surface area contributed by atoms with Crippen LogP contribution in [0.4, 0.5) is 13.2 Å². The Balaban J connectivity index is 2.17. The van der Waals surface area contributed by atoms with Crippen LogP contribution in [-0.4, -0.2) is 14.2 Å². The van der Waals surface area contributed by atoms with Gasteiger partial charge >= 0.3 is 16.3 Å². The van der Waals surface area contributed by atoms with Gasteiger partial charge in [0.05, 0.1) is 5.56 Å². The van der Waals surface area contributed by atoms with Crippen LogP contribution in [0, 0.1) is 0 Å². The second-order valence-electron chi connectivity index (χ2n) is 5.41. The van der Waals surface area contributed by atoms with Gasteiger partial charge in [0.15, 0.2) is 0 Å². The molecule has 0 amide bonds. The summed E-state index contributed by atoms with van der Waals surface area (Å²) in [5.74, 6) is 0.0106. The number of hydrogen-bond acceptors (Lipinski definition) is 4. The van der Waals surface area contributed by atoms with Crippen molar-refractivity contribution in [2.45, 2.75) is 30.8 Å². The van der Waals surface area contributed by atoms with E-state index in [4.69, 9.17) is 4.18 Å². The van der Waals surface area contributed by atoms with Gasteiger partial charge < -0.3 is 8.98 Å². The summed E-state index contributed by atoms with van der Waals surface area (Å²) in [5, 5.41) is 0. The van der Waals surface area contributed by atoms with Gasteiger partial charge in [0.2, 0.25) is 0 Å². The van der Waals surface area contributed by atoms with Crippen LogP contribution >= 0.6 is 0 Å². The standard InChI is InChI=1S/C17H15F3O4S/c1-12(21)5-6-13-7-9-15(10-8-13)24-25(22,23)16-4-2-3-14(11-16)17(18,19)20/h2-4,7-11H,5-6H2,1H3. The molecule has 0 radical (unpaired) electrons. The number of Topliss-reactive ketones (excluding diaryl/α,β-unsaturated/α-hetero) is 1. The molecule has 0 unspecified atom stereocenters. The zero-order valence-corrected chi connectivity index (χ0v) is 14.0. The molecular weight excluding hydrogens is 357 g/mol. The largest absolute Gasteiger partial charge is 0.416 e. The van der Waals surface area contributed by atoms with Gasteiger partial charge in [0, 0.05) is 6.42 Å². The highest BCUT2D eigenvalue weighted by Gasteiger charge is 2.32. The van der Waals surface area contributed by atoms with E-state index in [0.717, 1.165) is 23.8 Å². The molecule has 0 aliphatic carbocycles. The van der Waals surface area contributed by atoms with E-state index in [1.807, 2.05) is 0 Å². The Labute approximate surface area is 143 Å². The van der Waals surface area contributed by atoms with Crippen molar-refractivity contribution in [1.29, 1.82) is 0 Å². The summed E-state index contributed by atoms with van der Waals surface area (Å²) < 4.78 is 67.3. The molecule has 2 rings (SSSR count). The summed E-state index contributed by atoms with van der Waals surface area (Å²) in [4.78, 5) is 10.4. The minimum absolute atomic E-state index is 0.0241. The summed E-state index contributed by atoms with van der Waals surface area (Å²) in [7, 11) is -4.39. The fourth-order valence-corrected chi connectivity index (χ4v) is 3.01. The Morgan fingerprint density at radius 3 is 2.28 bits per heavy atom. The van der Waals surface area contributed by atoms with Gasteiger partial charge in [-0.1, -0.05) is 18.2 Å². The van der Waals surface area contributed by atoms with E-state index in [0.29, 0.717) is 18.9 Å². The minimum Gasteiger partial charge on any atom is -0.379 e. The highest BCUT2D eigenvalue weighted by molar-refractivity contribution is 7.87. The molecule has 0 saturated carbocycles. The van der Waals surface area contributed by atoms with Crippen molar-refractivity contribution in [3.05, 3.63) is 59.7 Å². The van der Waals surface area contributed by atoms with Crippen molar-refractivity contribution in [1.82, 2.24) is 0 Å². The zero-order chi connectivity index (χ0) is 18.7. The molecule has 4 nitrogen and oxygen atoms in total.